The maximum absolute atomic E-state index is 13.7. The van der Waals surface area contributed by atoms with E-state index in [2.05, 4.69) is 5.32 Å². The molecule has 3 aromatic carbocycles. The standard InChI is InChI=1S/C25H17F2N3O2/c1-14-3-9-19(15(2)11-14)22-23(29-17-6-10-20(26)21(27)12-17)25(32)30(24(22)31)18-7-4-16(13-28)5-8-18/h3-12,29H,1-2H3. The van der Waals surface area contributed by atoms with E-state index in [4.69, 9.17) is 5.26 Å². The molecule has 0 radical (unpaired) electrons. The molecule has 2 amide bonds. The number of anilines is 2. The second kappa shape index (κ2) is 8.08. The summed E-state index contributed by atoms with van der Waals surface area (Å²) in [7, 11) is 0. The molecule has 1 N–H and O–H groups in total. The van der Waals surface area contributed by atoms with Gasteiger partial charge in [0.2, 0.25) is 0 Å². The second-order valence-electron chi connectivity index (χ2n) is 7.43. The Bertz CT molecular complexity index is 1340. The molecule has 0 fully saturated rings. The molecule has 3 aromatic rings. The van der Waals surface area contributed by atoms with Crippen molar-refractivity contribution in [2.75, 3.05) is 10.2 Å². The fourth-order valence-corrected chi connectivity index (χ4v) is 3.63. The van der Waals surface area contributed by atoms with Gasteiger partial charge in [0.15, 0.2) is 11.6 Å². The minimum atomic E-state index is -1.08. The van der Waals surface area contributed by atoms with Crippen molar-refractivity contribution in [3.63, 3.8) is 0 Å². The van der Waals surface area contributed by atoms with Crippen molar-refractivity contribution in [3.05, 3.63) is 100 Å². The number of carbonyl (C=O) groups is 2. The first-order valence-electron chi connectivity index (χ1n) is 9.73. The maximum atomic E-state index is 13.7. The van der Waals surface area contributed by atoms with E-state index in [1.165, 1.54) is 30.3 Å². The number of hydrogen-bond acceptors (Lipinski definition) is 4. The highest BCUT2D eigenvalue weighted by Crippen LogP contribution is 2.35. The summed E-state index contributed by atoms with van der Waals surface area (Å²) in [5.74, 6) is -3.30. The summed E-state index contributed by atoms with van der Waals surface area (Å²) in [4.78, 5) is 27.8. The Hall–Kier alpha value is -4.31. The van der Waals surface area contributed by atoms with Crippen LogP contribution in [0, 0.1) is 36.8 Å². The normalized spacial score (nSPS) is 13.5. The number of hydrogen-bond donors (Lipinski definition) is 1. The lowest BCUT2D eigenvalue weighted by molar-refractivity contribution is -0.120. The predicted molar refractivity (Wildman–Crippen MR) is 116 cm³/mol. The molecule has 5 nitrogen and oxygen atoms in total. The molecule has 32 heavy (non-hydrogen) atoms. The highest BCUT2D eigenvalue weighted by molar-refractivity contribution is 6.46. The van der Waals surface area contributed by atoms with Crippen LogP contribution in [0.4, 0.5) is 20.2 Å². The SMILES string of the molecule is Cc1ccc(C2=C(Nc3ccc(F)c(F)c3)C(=O)N(c3ccc(C#N)cc3)C2=O)c(C)c1. The first kappa shape index (κ1) is 20.9. The minimum Gasteiger partial charge on any atom is -0.350 e. The Morgan fingerprint density at radius 1 is 0.875 bits per heavy atom. The zero-order chi connectivity index (χ0) is 23.0. The Morgan fingerprint density at radius 2 is 1.59 bits per heavy atom. The molecule has 0 saturated heterocycles. The third-order valence-electron chi connectivity index (χ3n) is 5.18. The first-order valence-corrected chi connectivity index (χ1v) is 9.73. The van der Waals surface area contributed by atoms with Crippen LogP contribution < -0.4 is 10.2 Å². The molecule has 4 rings (SSSR count). The van der Waals surface area contributed by atoms with Crippen molar-refractivity contribution in [1.82, 2.24) is 0 Å². The molecule has 0 aromatic heterocycles. The smallest absolute Gasteiger partial charge is 0.282 e. The van der Waals surface area contributed by atoms with Crippen LogP contribution in [0.15, 0.2) is 66.4 Å². The zero-order valence-corrected chi connectivity index (χ0v) is 17.2. The molecular formula is C25H17F2N3O2. The number of nitrogens with zero attached hydrogens (tertiary/aromatic N) is 2. The summed E-state index contributed by atoms with van der Waals surface area (Å²) in [6.45, 7) is 3.74. The molecule has 0 aliphatic carbocycles. The number of rotatable bonds is 4. The first-order chi connectivity index (χ1) is 15.3. The van der Waals surface area contributed by atoms with Gasteiger partial charge in [0, 0.05) is 11.8 Å². The minimum absolute atomic E-state index is 0.0441. The lowest BCUT2D eigenvalue weighted by atomic mass is 9.97. The maximum Gasteiger partial charge on any atom is 0.282 e. The zero-order valence-electron chi connectivity index (χ0n) is 17.2. The van der Waals surface area contributed by atoms with Gasteiger partial charge in [-0.25, -0.2) is 13.7 Å². The molecule has 0 saturated carbocycles. The molecule has 0 unspecified atom stereocenters. The van der Waals surface area contributed by atoms with Gasteiger partial charge in [0.1, 0.15) is 5.70 Å². The summed E-state index contributed by atoms with van der Waals surface area (Å²) in [5.41, 5.74) is 3.21. The largest absolute Gasteiger partial charge is 0.350 e. The van der Waals surface area contributed by atoms with E-state index in [0.29, 0.717) is 16.8 Å². The monoisotopic (exact) mass is 429 g/mol. The van der Waals surface area contributed by atoms with Gasteiger partial charge in [0.05, 0.1) is 22.9 Å². The van der Waals surface area contributed by atoms with E-state index >= 15 is 0 Å². The van der Waals surface area contributed by atoms with Gasteiger partial charge in [-0.1, -0.05) is 23.8 Å². The van der Waals surface area contributed by atoms with Crippen molar-refractivity contribution in [2.45, 2.75) is 13.8 Å². The van der Waals surface area contributed by atoms with E-state index in [0.717, 1.165) is 28.2 Å². The lowest BCUT2D eigenvalue weighted by Gasteiger charge is -2.15. The van der Waals surface area contributed by atoms with Gasteiger partial charge >= 0.3 is 0 Å². The Labute approximate surface area is 183 Å². The molecular weight excluding hydrogens is 412 g/mol. The molecule has 0 atom stereocenters. The van der Waals surface area contributed by atoms with E-state index < -0.39 is 23.4 Å². The van der Waals surface area contributed by atoms with E-state index in [9.17, 15) is 18.4 Å². The van der Waals surface area contributed by atoms with Crippen molar-refractivity contribution in [2.24, 2.45) is 0 Å². The Balaban J connectivity index is 1.85. The van der Waals surface area contributed by atoms with Crippen molar-refractivity contribution < 1.29 is 18.4 Å². The number of nitriles is 1. The van der Waals surface area contributed by atoms with Crippen LogP contribution in [0.3, 0.4) is 0 Å². The highest BCUT2D eigenvalue weighted by Gasteiger charge is 2.40. The van der Waals surface area contributed by atoms with E-state index in [1.54, 1.807) is 6.07 Å². The Kier molecular flexibility index (Phi) is 5.29. The summed E-state index contributed by atoms with van der Waals surface area (Å²) in [6.07, 6.45) is 0. The van der Waals surface area contributed by atoms with Crippen LogP contribution in [0.25, 0.3) is 5.57 Å². The summed E-state index contributed by atoms with van der Waals surface area (Å²) >= 11 is 0. The highest BCUT2D eigenvalue weighted by atomic mass is 19.2. The van der Waals surface area contributed by atoms with Crippen LogP contribution in [-0.4, -0.2) is 11.8 Å². The van der Waals surface area contributed by atoms with Crippen LogP contribution in [-0.2, 0) is 9.59 Å². The van der Waals surface area contributed by atoms with Gasteiger partial charge < -0.3 is 5.32 Å². The number of aryl methyl sites for hydroxylation is 2. The van der Waals surface area contributed by atoms with Crippen LogP contribution in [0.1, 0.15) is 22.3 Å². The van der Waals surface area contributed by atoms with Crippen molar-refractivity contribution >= 4 is 28.8 Å². The summed E-state index contributed by atoms with van der Waals surface area (Å²) in [5, 5.41) is 11.8. The third kappa shape index (κ3) is 3.63. The van der Waals surface area contributed by atoms with E-state index in [-0.39, 0.29) is 17.0 Å². The van der Waals surface area contributed by atoms with Crippen molar-refractivity contribution in [1.29, 1.82) is 5.26 Å². The topological polar surface area (TPSA) is 73.2 Å². The number of nitrogens with one attached hydrogen (secondary N) is 1. The van der Waals surface area contributed by atoms with E-state index in [1.807, 2.05) is 32.0 Å². The molecule has 1 aliphatic heterocycles. The Morgan fingerprint density at radius 3 is 2.22 bits per heavy atom. The number of imide groups is 1. The van der Waals surface area contributed by atoms with Gasteiger partial charge in [-0.15, -0.1) is 0 Å². The summed E-state index contributed by atoms with van der Waals surface area (Å²) < 4.78 is 27.1. The average molecular weight is 429 g/mol. The number of benzene rings is 3. The third-order valence-corrected chi connectivity index (χ3v) is 5.18. The molecule has 0 bridgehead atoms. The fraction of sp³-hybridized carbons (Fsp3) is 0.0800. The van der Waals surface area contributed by atoms with Gasteiger partial charge in [-0.3, -0.25) is 9.59 Å². The van der Waals surface area contributed by atoms with Gasteiger partial charge in [0.25, 0.3) is 11.8 Å². The molecule has 1 heterocycles. The molecule has 1 aliphatic rings. The molecule has 0 spiro atoms. The number of carbonyl (C=O) groups excluding carboxylic acids is 2. The molecule has 158 valence electrons. The predicted octanol–water partition coefficient (Wildman–Crippen LogP) is 4.85. The van der Waals surface area contributed by atoms with Crippen LogP contribution in [0.5, 0.6) is 0 Å². The van der Waals surface area contributed by atoms with Gasteiger partial charge in [-0.05, 0) is 61.4 Å². The summed E-state index contributed by atoms with van der Waals surface area (Å²) in [6, 6.07) is 16.6. The van der Waals surface area contributed by atoms with Crippen molar-refractivity contribution in [3.8, 4) is 6.07 Å². The van der Waals surface area contributed by atoms with Crippen LogP contribution >= 0.6 is 0 Å². The average Bonchev–Trinajstić information content (AvgIpc) is 3.00. The molecule has 7 heteroatoms. The number of amides is 2. The second-order valence-corrected chi connectivity index (χ2v) is 7.43. The van der Waals surface area contributed by atoms with Gasteiger partial charge in [-0.2, -0.15) is 5.26 Å². The quantitative estimate of drug-likeness (QED) is 0.602. The lowest BCUT2D eigenvalue weighted by Crippen LogP contribution is -2.32. The fourth-order valence-electron chi connectivity index (χ4n) is 3.63. The van der Waals surface area contributed by atoms with Crippen LogP contribution in [0.2, 0.25) is 0 Å². The number of halogens is 2.